The van der Waals surface area contributed by atoms with E-state index in [2.05, 4.69) is 45.9 Å². The van der Waals surface area contributed by atoms with E-state index >= 15 is 0 Å². The van der Waals surface area contributed by atoms with Gasteiger partial charge in [-0.1, -0.05) is 32.0 Å². The average molecular weight is 258 g/mol. The lowest BCUT2D eigenvalue weighted by Crippen LogP contribution is -2.29. The summed E-state index contributed by atoms with van der Waals surface area (Å²) in [7, 11) is 0. The van der Waals surface area contributed by atoms with Gasteiger partial charge in [0.15, 0.2) is 0 Å². The van der Waals surface area contributed by atoms with E-state index in [9.17, 15) is 4.79 Å². The second-order valence-corrected chi connectivity index (χ2v) is 6.52. The lowest BCUT2D eigenvalue weighted by molar-refractivity contribution is -0.125. The first kappa shape index (κ1) is 14.3. The first-order valence-electron chi connectivity index (χ1n) is 7.56. The summed E-state index contributed by atoms with van der Waals surface area (Å²) in [6.07, 6.45) is 3.92. The maximum absolute atomic E-state index is 12.2. The van der Waals surface area contributed by atoms with Gasteiger partial charge in [0.2, 0.25) is 0 Å². The van der Waals surface area contributed by atoms with Crippen LogP contribution in [0.15, 0.2) is 18.2 Å². The predicted octanol–water partition coefficient (Wildman–Crippen LogP) is 4.49. The average Bonchev–Trinajstić information content (AvgIpc) is 2.35. The minimum absolute atomic E-state index is 0.251. The van der Waals surface area contributed by atoms with Crippen molar-refractivity contribution in [1.29, 1.82) is 0 Å². The summed E-state index contributed by atoms with van der Waals surface area (Å²) < 4.78 is 0. The Balaban J connectivity index is 2.14. The molecule has 0 aromatic heterocycles. The number of hydrogen-bond acceptors (Lipinski definition) is 1. The van der Waals surface area contributed by atoms with E-state index in [4.69, 9.17) is 0 Å². The molecule has 1 fully saturated rings. The van der Waals surface area contributed by atoms with Gasteiger partial charge in [0.1, 0.15) is 5.78 Å². The molecule has 0 aliphatic heterocycles. The number of rotatable bonds is 3. The number of ketones is 1. The lowest BCUT2D eigenvalue weighted by atomic mass is 9.73. The molecule has 19 heavy (non-hydrogen) atoms. The van der Waals surface area contributed by atoms with Crippen molar-refractivity contribution in [2.45, 2.75) is 53.4 Å². The van der Waals surface area contributed by atoms with Crippen molar-refractivity contribution >= 4 is 5.78 Å². The van der Waals surface area contributed by atoms with E-state index in [1.807, 2.05) is 0 Å². The van der Waals surface area contributed by atoms with Crippen LogP contribution in [0.5, 0.6) is 0 Å². The van der Waals surface area contributed by atoms with Crippen molar-refractivity contribution in [3.8, 4) is 0 Å². The Morgan fingerprint density at radius 1 is 1.21 bits per heavy atom. The van der Waals surface area contributed by atoms with Crippen molar-refractivity contribution in [2.75, 3.05) is 0 Å². The fourth-order valence-corrected chi connectivity index (χ4v) is 3.37. The molecule has 2 unspecified atom stereocenters. The summed E-state index contributed by atoms with van der Waals surface area (Å²) in [5.41, 5.74) is 4.06. The largest absolute Gasteiger partial charge is 0.299 e. The SMILES string of the molecule is Cc1cccc(C)c1CC1CC(C(C)C)CCC1=O. The smallest absolute Gasteiger partial charge is 0.136 e. The maximum Gasteiger partial charge on any atom is 0.136 e. The minimum Gasteiger partial charge on any atom is -0.299 e. The van der Waals surface area contributed by atoms with Crippen LogP contribution in [-0.4, -0.2) is 5.78 Å². The highest BCUT2D eigenvalue weighted by Gasteiger charge is 2.30. The van der Waals surface area contributed by atoms with E-state index in [1.165, 1.54) is 16.7 Å². The molecule has 2 rings (SSSR count). The molecule has 1 nitrogen and oxygen atoms in total. The van der Waals surface area contributed by atoms with Gasteiger partial charge in [0.25, 0.3) is 0 Å². The molecule has 1 aromatic carbocycles. The Kier molecular flexibility index (Phi) is 4.44. The molecule has 2 atom stereocenters. The molecule has 1 aliphatic carbocycles. The molecule has 0 bridgehead atoms. The fraction of sp³-hybridized carbons (Fsp3) is 0.611. The van der Waals surface area contributed by atoms with E-state index in [1.54, 1.807) is 0 Å². The van der Waals surface area contributed by atoms with Crippen molar-refractivity contribution in [1.82, 2.24) is 0 Å². The van der Waals surface area contributed by atoms with E-state index in [0.717, 1.165) is 31.6 Å². The monoisotopic (exact) mass is 258 g/mol. The summed E-state index contributed by atoms with van der Waals surface area (Å²) in [4.78, 5) is 12.2. The standard InChI is InChI=1S/C18H26O/c1-12(2)15-8-9-18(19)16(10-15)11-17-13(3)6-5-7-14(17)4/h5-7,12,15-16H,8-11H2,1-4H3. The molecule has 0 N–H and O–H groups in total. The molecule has 0 spiro atoms. The molecule has 1 aliphatic rings. The molecule has 0 radical (unpaired) electrons. The molecule has 104 valence electrons. The van der Waals surface area contributed by atoms with Crippen LogP contribution in [0.1, 0.15) is 49.8 Å². The topological polar surface area (TPSA) is 17.1 Å². The van der Waals surface area contributed by atoms with E-state index in [0.29, 0.717) is 11.7 Å². The molecular weight excluding hydrogens is 232 g/mol. The van der Waals surface area contributed by atoms with E-state index in [-0.39, 0.29) is 5.92 Å². The molecule has 1 saturated carbocycles. The highest BCUT2D eigenvalue weighted by atomic mass is 16.1. The third-order valence-corrected chi connectivity index (χ3v) is 4.84. The molecular formula is C18H26O. The number of carbonyl (C=O) groups excluding carboxylic acids is 1. The maximum atomic E-state index is 12.2. The van der Waals surface area contributed by atoms with Crippen LogP contribution in [0.4, 0.5) is 0 Å². The first-order chi connectivity index (χ1) is 8.99. The van der Waals surface area contributed by atoms with Gasteiger partial charge < -0.3 is 0 Å². The summed E-state index contributed by atoms with van der Waals surface area (Å²) >= 11 is 0. The van der Waals surface area contributed by atoms with Gasteiger partial charge in [0, 0.05) is 12.3 Å². The number of aryl methyl sites for hydroxylation is 2. The molecule has 1 aromatic rings. The highest BCUT2D eigenvalue weighted by Crippen LogP contribution is 2.34. The van der Waals surface area contributed by atoms with Crippen LogP contribution in [0.2, 0.25) is 0 Å². The van der Waals surface area contributed by atoms with Crippen LogP contribution in [-0.2, 0) is 11.2 Å². The Bertz CT molecular complexity index is 439. The third-order valence-electron chi connectivity index (χ3n) is 4.84. The van der Waals surface area contributed by atoms with Gasteiger partial charge in [-0.05, 0) is 61.6 Å². The quantitative estimate of drug-likeness (QED) is 0.781. The molecule has 0 amide bonds. The van der Waals surface area contributed by atoms with Crippen LogP contribution in [0.25, 0.3) is 0 Å². The number of benzene rings is 1. The first-order valence-corrected chi connectivity index (χ1v) is 7.56. The Morgan fingerprint density at radius 2 is 1.84 bits per heavy atom. The zero-order valence-electron chi connectivity index (χ0n) is 12.7. The van der Waals surface area contributed by atoms with Crippen LogP contribution < -0.4 is 0 Å². The summed E-state index contributed by atoms with van der Waals surface area (Å²) in [6.45, 7) is 8.90. The zero-order valence-corrected chi connectivity index (χ0v) is 12.7. The van der Waals surface area contributed by atoms with Crippen LogP contribution in [0, 0.1) is 31.6 Å². The molecule has 1 heteroatoms. The van der Waals surface area contributed by atoms with Crippen molar-refractivity contribution < 1.29 is 4.79 Å². The summed E-state index contributed by atoms with van der Waals surface area (Å²) in [5, 5.41) is 0. The second-order valence-electron chi connectivity index (χ2n) is 6.52. The van der Waals surface area contributed by atoms with Crippen molar-refractivity contribution in [3.63, 3.8) is 0 Å². The molecule has 0 saturated heterocycles. The predicted molar refractivity (Wildman–Crippen MR) is 80.3 cm³/mol. The van der Waals surface area contributed by atoms with Gasteiger partial charge in [0.05, 0.1) is 0 Å². The minimum atomic E-state index is 0.251. The van der Waals surface area contributed by atoms with E-state index < -0.39 is 0 Å². The van der Waals surface area contributed by atoms with Gasteiger partial charge in [-0.15, -0.1) is 0 Å². The number of carbonyl (C=O) groups is 1. The van der Waals surface area contributed by atoms with Gasteiger partial charge in [-0.3, -0.25) is 4.79 Å². The highest BCUT2D eigenvalue weighted by molar-refractivity contribution is 5.82. The normalized spacial score (nSPS) is 23.9. The Morgan fingerprint density at radius 3 is 2.42 bits per heavy atom. The number of Topliss-reactive ketones (excluding diaryl/α,β-unsaturated/α-hetero) is 1. The zero-order chi connectivity index (χ0) is 14.0. The summed E-state index contributed by atoms with van der Waals surface area (Å²) in [6, 6.07) is 6.43. The fourth-order valence-electron chi connectivity index (χ4n) is 3.37. The van der Waals surface area contributed by atoms with Crippen molar-refractivity contribution in [2.24, 2.45) is 17.8 Å². The van der Waals surface area contributed by atoms with Crippen LogP contribution >= 0.6 is 0 Å². The number of hydrogen-bond donors (Lipinski definition) is 0. The Labute approximate surface area is 117 Å². The van der Waals surface area contributed by atoms with Gasteiger partial charge in [-0.25, -0.2) is 0 Å². The van der Waals surface area contributed by atoms with Crippen LogP contribution in [0.3, 0.4) is 0 Å². The third kappa shape index (κ3) is 3.26. The second kappa shape index (κ2) is 5.90. The summed E-state index contributed by atoms with van der Waals surface area (Å²) in [5.74, 6) is 2.17. The van der Waals surface area contributed by atoms with Crippen molar-refractivity contribution in [3.05, 3.63) is 34.9 Å². The lowest BCUT2D eigenvalue weighted by Gasteiger charge is -2.31. The Hall–Kier alpha value is -1.11. The van der Waals surface area contributed by atoms with Gasteiger partial charge in [-0.2, -0.15) is 0 Å². The van der Waals surface area contributed by atoms with Gasteiger partial charge >= 0.3 is 0 Å². The molecule has 0 heterocycles.